The lowest BCUT2D eigenvalue weighted by Gasteiger charge is -2.46. The molecule has 1 unspecified atom stereocenters. The van der Waals surface area contributed by atoms with Crippen molar-refractivity contribution in [1.29, 1.82) is 0 Å². The molecular formula is C9H16O. The maximum absolute atomic E-state index is 9.89. The van der Waals surface area contributed by atoms with Gasteiger partial charge in [0.05, 0.1) is 5.60 Å². The minimum absolute atomic E-state index is 0.242. The van der Waals surface area contributed by atoms with Crippen LogP contribution < -0.4 is 0 Å². The average Bonchev–Trinajstić information content (AvgIpc) is 1.87. The van der Waals surface area contributed by atoms with Crippen molar-refractivity contribution >= 4 is 0 Å². The highest BCUT2D eigenvalue weighted by Crippen LogP contribution is 2.47. The van der Waals surface area contributed by atoms with Gasteiger partial charge in [0.15, 0.2) is 0 Å². The molecule has 1 atom stereocenters. The summed E-state index contributed by atoms with van der Waals surface area (Å²) in [6, 6.07) is 0. The zero-order chi connectivity index (χ0) is 7.19. The molecule has 10 heavy (non-hydrogen) atoms. The lowest BCUT2D eigenvalue weighted by molar-refractivity contribution is -0.0790. The molecule has 3 aliphatic rings. The van der Waals surface area contributed by atoms with Gasteiger partial charge >= 0.3 is 0 Å². The zero-order valence-corrected chi connectivity index (χ0v) is 6.64. The third-order valence-corrected chi connectivity index (χ3v) is 3.47. The molecule has 1 nitrogen and oxygen atoms in total. The van der Waals surface area contributed by atoms with E-state index in [2.05, 4.69) is 6.92 Å². The molecular weight excluding hydrogens is 124 g/mol. The van der Waals surface area contributed by atoms with Gasteiger partial charge in [-0.05, 0) is 43.9 Å². The fourth-order valence-electron chi connectivity index (χ4n) is 2.72. The number of fused-ring (bicyclic) bond motifs is 3. The van der Waals surface area contributed by atoms with Crippen LogP contribution in [-0.4, -0.2) is 10.7 Å². The van der Waals surface area contributed by atoms with Crippen molar-refractivity contribution in [2.75, 3.05) is 0 Å². The minimum atomic E-state index is -0.242. The van der Waals surface area contributed by atoms with E-state index in [-0.39, 0.29) is 5.60 Å². The highest BCUT2D eigenvalue weighted by atomic mass is 16.3. The van der Waals surface area contributed by atoms with E-state index in [1.54, 1.807) is 0 Å². The molecule has 0 spiro atoms. The molecule has 0 aromatic heterocycles. The predicted molar refractivity (Wildman–Crippen MR) is 40.7 cm³/mol. The monoisotopic (exact) mass is 140 g/mol. The van der Waals surface area contributed by atoms with E-state index < -0.39 is 0 Å². The number of aliphatic hydroxyl groups is 1. The van der Waals surface area contributed by atoms with Crippen LogP contribution in [0.4, 0.5) is 0 Å². The van der Waals surface area contributed by atoms with Crippen LogP contribution >= 0.6 is 0 Å². The summed E-state index contributed by atoms with van der Waals surface area (Å²) < 4.78 is 0. The molecule has 3 aliphatic carbocycles. The Morgan fingerprint density at radius 1 is 1.30 bits per heavy atom. The summed E-state index contributed by atoms with van der Waals surface area (Å²) in [4.78, 5) is 0. The third kappa shape index (κ3) is 0.878. The second kappa shape index (κ2) is 1.97. The van der Waals surface area contributed by atoms with Crippen molar-refractivity contribution in [2.45, 2.75) is 44.6 Å². The van der Waals surface area contributed by atoms with Crippen LogP contribution in [0.25, 0.3) is 0 Å². The van der Waals surface area contributed by atoms with E-state index in [0.29, 0.717) is 0 Å². The normalized spacial score (nSPS) is 53.4. The van der Waals surface area contributed by atoms with Crippen molar-refractivity contribution in [3.8, 4) is 0 Å². The minimum Gasteiger partial charge on any atom is -0.390 e. The second-order valence-electron chi connectivity index (χ2n) is 4.24. The van der Waals surface area contributed by atoms with E-state index in [1.807, 2.05) is 0 Å². The Kier molecular flexibility index (Phi) is 1.31. The molecule has 0 aliphatic heterocycles. The summed E-state index contributed by atoms with van der Waals surface area (Å²) >= 11 is 0. The van der Waals surface area contributed by atoms with Crippen molar-refractivity contribution in [2.24, 2.45) is 11.8 Å². The van der Waals surface area contributed by atoms with Gasteiger partial charge in [-0.25, -0.2) is 0 Å². The first-order valence-corrected chi connectivity index (χ1v) is 4.42. The Balaban J connectivity index is 2.14. The molecule has 0 aromatic rings. The molecule has 0 heterocycles. The second-order valence-corrected chi connectivity index (χ2v) is 4.24. The summed E-state index contributed by atoms with van der Waals surface area (Å²) in [6.07, 6.45) is 5.76. The molecule has 3 fully saturated rings. The van der Waals surface area contributed by atoms with E-state index >= 15 is 0 Å². The van der Waals surface area contributed by atoms with Gasteiger partial charge in [0.2, 0.25) is 0 Å². The van der Waals surface area contributed by atoms with Crippen LogP contribution in [0.15, 0.2) is 0 Å². The molecule has 3 rings (SSSR count). The Morgan fingerprint density at radius 3 is 2.20 bits per heavy atom. The Bertz CT molecular complexity index is 134. The fraction of sp³-hybridized carbons (Fsp3) is 1.00. The number of hydrogen-bond acceptors (Lipinski definition) is 1. The van der Waals surface area contributed by atoms with Crippen LogP contribution in [0.3, 0.4) is 0 Å². The van der Waals surface area contributed by atoms with E-state index in [0.717, 1.165) is 31.1 Å². The van der Waals surface area contributed by atoms with Gasteiger partial charge in [-0.3, -0.25) is 0 Å². The molecule has 0 radical (unpaired) electrons. The first-order chi connectivity index (χ1) is 4.70. The average molecular weight is 140 g/mol. The topological polar surface area (TPSA) is 20.2 Å². The van der Waals surface area contributed by atoms with Gasteiger partial charge in [-0.2, -0.15) is 0 Å². The predicted octanol–water partition coefficient (Wildman–Crippen LogP) is 1.95. The first kappa shape index (κ1) is 6.66. The van der Waals surface area contributed by atoms with Gasteiger partial charge in [0.25, 0.3) is 0 Å². The van der Waals surface area contributed by atoms with Crippen LogP contribution in [0.2, 0.25) is 0 Å². The summed E-state index contributed by atoms with van der Waals surface area (Å²) in [7, 11) is 0. The van der Waals surface area contributed by atoms with Gasteiger partial charge in [0.1, 0.15) is 0 Å². The SMILES string of the molecule is CC1CC2(O)CCC1CC2. The maximum atomic E-state index is 9.89. The summed E-state index contributed by atoms with van der Waals surface area (Å²) in [5.41, 5.74) is -0.242. The molecule has 1 N–H and O–H groups in total. The van der Waals surface area contributed by atoms with Gasteiger partial charge in [0, 0.05) is 0 Å². The first-order valence-electron chi connectivity index (χ1n) is 4.42. The smallest absolute Gasteiger partial charge is 0.0650 e. The van der Waals surface area contributed by atoms with Crippen LogP contribution in [-0.2, 0) is 0 Å². The molecule has 1 heteroatoms. The molecule has 0 saturated heterocycles. The standard InChI is InChI=1S/C9H16O/c1-7-6-9(10)4-2-8(7)3-5-9/h7-8,10H,2-6H2,1H3. The lowest BCUT2D eigenvalue weighted by Crippen LogP contribution is -2.43. The maximum Gasteiger partial charge on any atom is 0.0650 e. The molecule has 0 aromatic carbocycles. The van der Waals surface area contributed by atoms with Crippen LogP contribution in [0.1, 0.15) is 39.0 Å². The highest BCUT2D eigenvalue weighted by Gasteiger charge is 2.42. The number of rotatable bonds is 0. The van der Waals surface area contributed by atoms with Gasteiger partial charge < -0.3 is 5.11 Å². The quantitative estimate of drug-likeness (QED) is 0.545. The molecule has 2 bridgehead atoms. The van der Waals surface area contributed by atoms with E-state index in [9.17, 15) is 5.11 Å². The Hall–Kier alpha value is -0.0400. The lowest BCUT2D eigenvalue weighted by atomic mass is 9.63. The third-order valence-electron chi connectivity index (χ3n) is 3.47. The van der Waals surface area contributed by atoms with Gasteiger partial charge in [-0.1, -0.05) is 6.92 Å². The Morgan fingerprint density at radius 2 is 1.90 bits per heavy atom. The van der Waals surface area contributed by atoms with Crippen LogP contribution in [0, 0.1) is 11.8 Å². The zero-order valence-electron chi connectivity index (χ0n) is 6.64. The molecule has 0 amide bonds. The van der Waals surface area contributed by atoms with E-state index in [1.165, 1.54) is 12.8 Å². The van der Waals surface area contributed by atoms with Crippen molar-refractivity contribution < 1.29 is 5.11 Å². The molecule has 3 saturated carbocycles. The van der Waals surface area contributed by atoms with Gasteiger partial charge in [-0.15, -0.1) is 0 Å². The van der Waals surface area contributed by atoms with Crippen molar-refractivity contribution in [3.05, 3.63) is 0 Å². The Labute approximate surface area is 62.4 Å². The summed E-state index contributed by atoms with van der Waals surface area (Å²) in [5, 5.41) is 9.89. The molecule has 58 valence electrons. The van der Waals surface area contributed by atoms with Crippen molar-refractivity contribution in [3.63, 3.8) is 0 Å². The summed E-state index contributed by atoms with van der Waals surface area (Å²) in [6.45, 7) is 2.29. The van der Waals surface area contributed by atoms with Crippen LogP contribution in [0.5, 0.6) is 0 Å². The van der Waals surface area contributed by atoms with E-state index in [4.69, 9.17) is 0 Å². The fourth-order valence-corrected chi connectivity index (χ4v) is 2.72. The highest BCUT2D eigenvalue weighted by molar-refractivity contribution is 4.94. The van der Waals surface area contributed by atoms with Crippen molar-refractivity contribution in [1.82, 2.24) is 0 Å². The summed E-state index contributed by atoms with van der Waals surface area (Å²) in [5.74, 6) is 1.72. The largest absolute Gasteiger partial charge is 0.390 e. The number of hydrogen-bond donors (Lipinski definition) is 1.